The van der Waals surface area contributed by atoms with Crippen LogP contribution in [-0.4, -0.2) is 16.1 Å². The van der Waals surface area contributed by atoms with E-state index in [1.807, 2.05) is 6.33 Å². The minimum absolute atomic E-state index is 0.382. The molecule has 0 fully saturated rings. The fraction of sp³-hybridized carbons (Fsp3) is 0.400. The standard InChI is InChI=1S/C15H19N3/c1-11-4-3-5-13(8-11)9-18-10-17-15-12(2)16-7-6-14(15)18/h3-5,8,10,12,16H,6-7,9H2,1-2H3. The van der Waals surface area contributed by atoms with Gasteiger partial charge in [0.15, 0.2) is 0 Å². The Kier molecular flexibility index (Phi) is 2.92. The van der Waals surface area contributed by atoms with Crippen molar-refractivity contribution >= 4 is 0 Å². The highest BCUT2D eigenvalue weighted by Gasteiger charge is 2.20. The molecule has 1 aliphatic rings. The molecule has 3 rings (SSSR count). The molecule has 3 heteroatoms. The third-order valence-electron chi connectivity index (χ3n) is 3.64. The molecule has 1 N–H and O–H groups in total. The van der Waals surface area contributed by atoms with Gasteiger partial charge in [0.1, 0.15) is 0 Å². The molecule has 2 heterocycles. The van der Waals surface area contributed by atoms with Crippen molar-refractivity contribution in [3.63, 3.8) is 0 Å². The van der Waals surface area contributed by atoms with Crippen molar-refractivity contribution in [3.05, 3.63) is 53.1 Å². The smallest absolute Gasteiger partial charge is 0.0955 e. The van der Waals surface area contributed by atoms with E-state index in [4.69, 9.17) is 0 Å². The molecule has 1 atom stereocenters. The lowest BCUT2D eigenvalue weighted by molar-refractivity contribution is 0.516. The van der Waals surface area contributed by atoms with Gasteiger partial charge >= 0.3 is 0 Å². The number of hydrogen-bond donors (Lipinski definition) is 1. The van der Waals surface area contributed by atoms with Crippen LogP contribution in [0, 0.1) is 6.92 Å². The van der Waals surface area contributed by atoms with Gasteiger partial charge in [-0.15, -0.1) is 0 Å². The second kappa shape index (κ2) is 4.58. The van der Waals surface area contributed by atoms with Gasteiger partial charge in [-0.3, -0.25) is 0 Å². The first-order valence-corrected chi connectivity index (χ1v) is 6.57. The van der Waals surface area contributed by atoms with Crippen LogP contribution in [0.4, 0.5) is 0 Å². The number of fused-ring (bicyclic) bond motifs is 1. The average molecular weight is 241 g/mol. The first kappa shape index (κ1) is 11.5. The number of rotatable bonds is 2. The molecule has 0 aliphatic carbocycles. The van der Waals surface area contributed by atoms with E-state index >= 15 is 0 Å². The summed E-state index contributed by atoms with van der Waals surface area (Å²) in [5, 5.41) is 3.45. The van der Waals surface area contributed by atoms with E-state index in [1.54, 1.807) is 0 Å². The predicted molar refractivity (Wildman–Crippen MR) is 72.6 cm³/mol. The quantitative estimate of drug-likeness (QED) is 0.875. The van der Waals surface area contributed by atoms with Gasteiger partial charge in [0.25, 0.3) is 0 Å². The molecule has 18 heavy (non-hydrogen) atoms. The zero-order valence-corrected chi connectivity index (χ0v) is 11.0. The van der Waals surface area contributed by atoms with Crippen molar-refractivity contribution in [2.45, 2.75) is 32.9 Å². The minimum atomic E-state index is 0.382. The lowest BCUT2D eigenvalue weighted by atomic mass is 10.1. The van der Waals surface area contributed by atoms with Gasteiger partial charge in [-0.05, 0) is 19.4 Å². The summed E-state index contributed by atoms with van der Waals surface area (Å²) >= 11 is 0. The summed E-state index contributed by atoms with van der Waals surface area (Å²) in [6.45, 7) is 6.30. The molecule has 1 aromatic carbocycles. The van der Waals surface area contributed by atoms with E-state index in [0.29, 0.717) is 6.04 Å². The topological polar surface area (TPSA) is 29.9 Å². The Balaban J connectivity index is 1.90. The van der Waals surface area contributed by atoms with E-state index in [9.17, 15) is 0 Å². The normalized spacial score (nSPS) is 18.7. The molecule has 0 saturated heterocycles. The molecule has 0 radical (unpaired) electrons. The van der Waals surface area contributed by atoms with Crippen LogP contribution in [0.15, 0.2) is 30.6 Å². The lowest BCUT2D eigenvalue weighted by Gasteiger charge is -2.21. The van der Waals surface area contributed by atoms with Crippen molar-refractivity contribution in [2.75, 3.05) is 6.54 Å². The van der Waals surface area contributed by atoms with Crippen molar-refractivity contribution in [1.29, 1.82) is 0 Å². The molecule has 1 aromatic heterocycles. The number of nitrogens with zero attached hydrogens (tertiary/aromatic N) is 2. The molecule has 0 spiro atoms. The average Bonchev–Trinajstić information content (AvgIpc) is 2.74. The molecule has 0 amide bonds. The molecular formula is C15H19N3. The van der Waals surface area contributed by atoms with Gasteiger partial charge in [0.2, 0.25) is 0 Å². The highest BCUT2D eigenvalue weighted by Crippen LogP contribution is 2.21. The highest BCUT2D eigenvalue weighted by molar-refractivity contribution is 5.25. The lowest BCUT2D eigenvalue weighted by Crippen LogP contribution is -2.29. The first-order chi connectivity index (χ1) is 8.74. The van der Waals surface area contributed by atoms with Crippen molar-refractivity contribution in [3.8, 4) is 0 Å². The predicted octanol–water partition coefficient (Wildman–Crippen LogP) is 2.45. The Bertz CT molecular complexity index is 557. The number of benzene rings is 1. The van der Waals surface area contributed by atoms with E-state index in [2.05, 4.69) is 53.0 Å². The summed E-state index contributed by atoms with van der Waals surface area (Å²) in [6, 6.07) is 9.07. The van der Waals surface area contributed by atoms with Gasteiger partial charge in [0.05, 0.1) is 12.0 Å². The van der Waals surface area contributed by atoms with Crippen LogP contribution in [0.3, 0.4) is 0 Å². The Morgan fingerprint density at radius 3 is 3.17 bits per heavy atom. The summed E-state index contributed by atoms with van der Waals surface area (Å²) < 4.78 is 2.29. The maximum absolute atomic E-state index is 4.56. The molecule has 3 nitrogen and oxygen atoms in total. The van der Waals surface area contributed by atoms with E-state index in [0.717, 1.165) is 19.5 Å². The second-order valence-electron chi connectivity index (χ2n) is 5.12. The molecule has 94 valence electrons. The molecule has 1 aliphatic heterocycles. The van der Waals surface area contributed by atoms with Crippen LogP contribution >= 0.6 is 0 Å². The van der Waals surface area contributed by atoms with Gasteiger partial charge < -0.3 is 9.88 Å². The number of aryl methyl sites for hydroxylation is 1. The molecule has 2 aromatic rings. The first-order valence-electron chi connectivity index (χ1n) is 6.57. The summed E-state index contributed by atoms with van der Waals surface area (Å²) in [4.78, 5) is 4.56. The van der Waals surface area contributed by atoms with Crippen molar-refractivity contribution < 1.29 is 0 Å². The fourth-order valence-electron chi connectivity index (χ4n) is 2.70. The van der Waals surface area contributed by atoms with Gasteiger partial charge in [-0.25, -0.2) is 4.98 Å². The van der Waals surface area contributed by atoms with Crippen LogP contribution in [0.2, 0.25) is 0 Å². The summed E-state index contributed by atoms with van der Waals surface area (Å²) in [5.74, 6) is 0. The van der Waals surface area contributed by atoms with Crippen LogP contribution in [0.25, 0.3) is 0 Å². The van der Waals surface area contributed by atoms with Gasteiger partial charge in [0, 0.05) is 31.2 Å². The largest absolute Gasteiger partial charge is 0.330 e. The maximum atomic E-state index is 4.56. The zero-order valence-electron chi connectivity index (χ0n) is 11.0. The van der Waals surface area contributed by atoms with Crippen LogP contribution in [-0.2, 0) is 13.0 Å². The Morgan fingerprint density at radius 1 is 1.44 bits per heavy atom. The summed E-state index contributed by atoms with van der Waals surface area (Å²) in [7, 11) is 0. The Morgan fingerprint density at radius 2 is 2.33 bits per heavy atom. The van der Waals surface area contributed by atoms with Crippen molar-refractivity contribution in [2.24, 2.45) is 0 Å². The molecule has 1 unspecified atom stereocenters. The monoisotopic (exact) mass is 241 g/mol. The summed E-state index contributed by atoms with van der Waals surface area (Å²) in [6.07, 6.45) is 3.06. The Labute approximate surface area is 108 Å². The van der Waals surface area contributed by atoms with Crippen LogP contribution in [0.5, 0.6) is 0 Å². The molecule has 0 saturated carbocycles. The highest BCUT2D eigenvalue weighted by atomic mass is 15.1. The van der Waals surface area contributed by atoms with E-state index in [-0.39, 0.29) is 0 Å². The van der Waals surface area contributed by atoms with Gasteiger partial charge in [-0.2, -0.15) is 0 Å². The number of hydrogen-bond acceptors (Lipinski definition) is 2. The molecular weight excluding hydrogens is 222 g/mol. The third-order valence-corrected chi connectivity index (χ3v) is 3.64. The minimum Gasteiger partial charge on any atom is -0.330 e. The molecule has 0 bridgehead atoms. The van der Waals surface area contributed by atoms with E-state index < -0.39 is 0 Å². The van der Waals surface area contributed by atoms with E-state index in [1.165, 1.54) is 22.5 Å². The fourth-order valence-corrected chi connectivity index (χ4v) is 2.70. The maximum Gasteiger partial charge on any atom is 0.0955 e. The van der Waals surface area contributed by atoms with Crippen LogP contribution in [0.1, 0.15) is 35.5 Å². The summed E-state index contributed by atoms with van der Waals surface area (Å²) in [5.41, 5.74) is 5.27. The Hall–Kier alpha value is -1.61. The number of nitrogens with one attached hydrogen (secondary N) is 1. The van der Waals surface area contributed by atoms with Gasteiger partial charge in [-0.1, -0.05) is 29.8 Å². The zero-order chi connectivity index (χ0) is 12.5. The second-order valence-corrected chi connectivity index (χ2v) is 5.12. The number of aromatic nitrogens is 2. The third kappa shape index (κ3) is 2.06. The number of imidazole rings is 1. The van der Waals surface area contributed by atoms with Crippen molar-refractivity contribution in [1.82, 2.24) is 14.9 Å². The SMILES string of the molecule is Cc1cccc(Cn2cnc3c2CCNC3C)c1. The van der Waals surface area contributed by atoms with Crippen LogP contribution < -0.4 is 5.32 Å².